The summed E-state index contributed by atoms with van der Waals surface area (Å²) in [5.74, 6) is 1.67. The molecule has 0 bridgehead atoms. The van der Waals surface area contributed by atoms with Crippen LogP contribution in [-0.4, -0.2) is 39.5 Å². The van der Waals surface area contributed by atoms with E-state index in [4.69, 9.17) is 9.51 Å². The normalized spacial score (nSPS) is 13.9. The van der Waals surface area contributed by atoms with E-state index in [-0.39, 0.29) is 5.91 Å². The van der Waals surface area contributed by atoms with Crippen LogP contribution in [0.4, 0.5) is 0 Å². The van der Waals surface area contributed by atoms with E-state index in [0.29, 0.717) is 30.6 Å². The molecule has 140 valence electrons. The Morgan fingerprint density at radius 1 is 1.19 bits per heavy atom. The van der Waals surface area contributed by atoms with Gasteiger partial charge in [0, 0.05) is 43.9 Å². The van der Waals surface area contributed by atoms with Gasteiger partial charge in [-0.15, -0.1) is 0 Å². The molecule has 2 aromatic heterocycles. The van der Waals surface area contributed by atoms with Crippen LogP contribution in [0.2, 0.25) is 0 Å². The van der Waals surface area contributed by atoms with E-state index in [2.05, 4.69) is 29.2 Å². The molecule has 1 amide bonds. The number of aryl methyl sites for hydroxylation is 3. The highest BCUT2D eigenvalue weighted by atomic mass is 16.5. The molecule has 0 aliphatic heterocycles. The van der Waals surface area contributed by atoms with Gasteiger partial charge in [-0.2, -0.15) is 4.98 Å². The highest BCUT2D eigenvalue weighted by molar-refractivity contribution is 6.07. The topological polar surface area (TPSA) is 72.1 Å². The fourth-order valence-electron chi connectivity index (χ4n) is 3.55. The van der Waals surface area contributed by atoms with Gasteiger partial charge >= 0.3 is 0 Å². The predicted molar refractivity (Wildman–Crippen MR) is 103 cm³/mol. The SMILES string of the molecule is Cc1cc(C)c2c(C(=O)N(C)CCc3noc(C)n3)cc(C3CC3)nc2c1. The number of carbonyl (C=O) groups is 1. The molecule has 1 aliphatic rings. The number of hydrogen-bond acceptors (Lipinski definition) is 5. The Bertz CT molecular complexity index is 1020. The Morgan fingerprint density at radius 3 is 2.63 bits per heavy atom. The second kappa shape index (κ2) is 6.76. The first-order valence-electron chi connectivity index (χ1n) is 9.39. The van der Waals surface area contributed by atoms with Gasteiger partial charge in [-0.05, 0) is 49.9 Å². The lowest BCUT2D eigenvalue weighted by Gasteiger charge is -2.19. The Morgan fingerprint density at radius 2 is 1.96 bits per heavy atom. The van der Waals surface area contributed by atoms with Crippen LogP contribution in [0.15, 0.2) is 22.7 Å². The summed E-state index contributed by atoms with van der Waals surface area (Å²) in [7, 11) is 1.82. The second-order valence-corrected chi connectivity index (χ2v) is 7.55. The second-order valence-electron chi connectivity index (χ2n) is 7.55. The number of fused-ring (bicyclic) bond motifs is 1. The molecular formula is C21H24N4O2. The van der Waals surface area contributed by atoms with Crippen LogP contribution >= 0.6 is 0 Å². The maximum Gasteiger partial charge on any atom is 0.254 e. The number of pyridine rings is 1. The van der Waals surface area contributed by atoms with Crippen molar-refractivity contribution in [1.82, 2.24) is 20.0 Å². The van der Waals surface area contributed by atoms with Crippen molar-refractivity contribution in [2.45, 2.75) is 46.0 Å². The van der Waals surface area contributed by atoms with Crippen LogP contribution in [0.25, 0.3) is 10.9 Å². The molecule has 6 nitrogen and oxygen atoms in total. The first-order chi connectivity index (χ1) is 12.9. The van der Waals surface area contributed by atoms with Gasteiger partial charge in [0.15, 0.2) is 5.82 Å². The predicted octanol–water partition coefficient (Wildman–Crippen LogP) is 3.74. The Balaban J connectivity index is 1.67. The average molecular weight is 364 g/mol. The molecule has 1 aliphatic carbocycles. The molecule has 0 atom stereocenters. The Kier molecular flexibility index (Phi) is 4.42. The third kappa shape index (κ3) is 3.56. The highest BCUT2D eigenvalue weighted by Crippen LogP contribution is 2.40. The number of nitrogens with zero attached hydrogens (tertiary/aromatic N) is 4. The number of likely N-dealkylation sites (N-methyl/N-ethyl adjacent to an activating group) is 1. The molecule has 3 aromatic rings. The maximum atomic E-state index is 13.3. The Labute approximate surface area is 158 Å². The van der Waals surface area contributed by atoms with Gasteiger partial charge in [0.25, 0.3) is 5.91 Å². The van der Waals surface area contributed by atoms with Crippen molar-refractivity contribution in [3.05, 3.63) is 52.3 Å². The van der Waals surface area contributed by atoms with Gasteiger partial charge in [-0.1, -0.05) is 11.2 Å². The average Bonchev–Trinajstić information content (AvgIpc) is 3.39. The van der Waals surface area contributed by atoms with Crippen LogP contribution in [0.3, 0.4) is 0 Å². The molecule has 6 heteroatoms. The number of amides is 1. The van der Waals surface area contributed by atoms with Gasteiger partial charge in [0.05, 0.1) is 11.1 Å². The largest absolute Gasteiger partial charge is 0.341 e. The summed E-state index contributed by atoms with van der Waals surface area (Å²) in [6, 6.07) is 6.19. The zero-order valence-electron chi connectivity index (χ0n) is 16.2. The van der Waals surface area contributed by atoms with Gasteiger partial charge < -0.3 is 9.42 Å². The van der Waals surface area contributed by atoms with Crippen LogP contribution in [-0.2, 0) is 6.42 Å². The lowest BCUT2D eigenvalue weighted by atomic mass is 9.99. The highest BCUT2D eigenvalue weighted by Gasteiger charge is 2.28. The van der Waals surface area contributed by atoms with Crippen LogP contribution in [0.5, 0.6) is 0 Å². The quantitative estimate of drug-likeness (QED) is 0.690. The monoisotopic (exact) mass is 364 g/mol. The number of benzene rings is 1. The number of rotatable bonds is 5. The number of carbonyl (C=O) groups excluding carboxylic acids is 1. The molecule has 1 saturated carbocycles. The van der Waals surface area contributed by atoms with E-state index in [1.54, 1.807) is 11.8 Å². The fourth-order valence-corrected chi connectivity index (χ4v) is 3.55. The molecule has 0 unspecified atom stereocenters. The van der Waals surface area contributed by atoms with Gasteiger partial charge in [0.2, 0.25) is 5.89 Å². The van der Waals surface area contributed by atoms with Crippen LogP contribution in [0.1, 0.15) is 57.7 Å². The molecule has 1 aromatic carbocycles. The number of hydrogen-bond donors (Lipinski definition) is 0. The van der Waals surface area contributed by atoms with Crippen molar-refractivity contribution in [1.29, 1.82) is 0 Å². The summed E-state index contributed by atoms with van der Waals surface area (Å²) < 4.78 is 5.00. The summed E-state index contributed by atoms with van der Waals surface area (Å²) >= 11 is 0. The summed E-state index contributed by atoms with van der Waals surface area (Å²) in [5.41, 5.74) is 4.96. The molecule has 0 spiro atoms. The van der Waals surface area contributed by atoms with Crippen molar-refractivity contribution in [3.8, 4) is 0 Å². The molecule has 0 radical (unpaired) electrons. The smallest absolute Gasteiger partial charge is 0.254 e. The van der Waals surface area contributed by atoms with E-state index < -0.39 is 0 Å². The lowest BCUT2D eigenvalue weighted by Crippen LogP contribution is -2.29. The van der Waals surface area contributed by atoms with Crippen molar-refractivity contribution in [2.24, 2.45) is 0 Å². The minimum Gasteiger partial charge on any atom is -0.341 e. The first kappa shape index (κ1) is 17.6. The summed E-state index contributed by atoms with van der Waals surface area (Å²) in [5, 5.41) is 4.86. The molecule has 1 fully saturated rings. The lowest BCUT2D eigenvalue weighted by molar-refractivity contribution is 0.0797. The molecule has 0 saturated heterocycles. The van der Waals surface area contributed by atoms with Crippen LogP contribution < -0.4 is 0 Å². The summed E-state index contributed by atoms with van der Waals surface area (Å²) in [6.45, 7) is 6.41. The third-order valence-electron chi connectivity index (χ3n) is 5.08. The molecule has 4 rings (SSSR count). The van der Waals surface area contributed by atoms with E-state index in [1.807, 2.05) is 20.0 Å². The number of aromatic nitrogens is 3. The zero-order chi connectivity index (χ0) is 19.1. The minimum absolute atomic E-state index is 0.0106. The van der Waals surface area contributed by atoms with Crippen molar-refractivity contribution < 1.29 is 9.32 Å². The van der Waals surface area contributed by atoms with E-state index >= 15 is 0 Å². The minimum atomic E-state index is 0.0106. The Hall–Kier alpha value is -2.76. The standard InChI is InChI=1S/C21H24N4O2/c1-12-9-13(2)20-16(11-17(15-5-6-15)23-18(20)10-12)21(26)25(4)8-7-19-22-14(3)27-24-19/h9-11,15H,5-8H2,1-4H3. The summed E-state index contributed by atoms with van der Waals surface area (Å²) in [6.07, 6.45) is 2.88. The van der Waals surface area contributed by atoms with E-state index in [1.165, 1.54) is 5.56 Å². The van der Waals surface area contributed by atoms with E-state index in [9.17, 15) is 4.79 Å². The van der Waals surface area contributed by atoms with Crippen molar-refractivity contribution in [2.75, 3.05) is 13.6 Å². The van der Waals surface area contributed by atoms with Crippen LogP contribution in [0, 0.1) is 20.8 Å². The van der Waals surface area contributed by atoms with Gasteiger partial charge in [0.1, 0.15) is 0 Å². The fraction of sp³-hybridized carbons (Fsp3) is 0.429. The molecular weight excluding hydrogens is 340 g/mol. The molecule has 27 heavy (non-hydrogen) atoms. The molecule has 2 heterocycles. The van der Waals surface area contributed by atoms with Crippen molar-refractivity contribution >= 4 is 16.8 Å². The molecule has 0 N–H and O–H groups in total. The van der Waals surface area contributed by atoms with Gasteiger partial charge in [-0.3, -0.25) is 9.78 Å². The third-order valence-corrected chi connectivity index (χ3v) is 5.08. The van der Waals surface area contributed by atoms with Gasteiger partial charge in [-0.25, -0.2) is 0 Å². The first-order valence-corrected chi connectivity index (χ1v) is 9.39. The van der Waals surface area contributed by atoms with E-state index in [0.717, 1.165) is 40.6 Å². The van der Waals surface area contributed by atoms with Crippen molar-refractivity contribution in [3.63, 3.8) is 0 Å². The summed E-state index contributed by atoms with van der Waals surface area (Å²) in [4.78, 5) is 24.0. The maximum absolute atomic E-state index is 13.3. The zero-order valence-corrected chi connectivity index (χ0v) is 16.2.